The Bertz CT molecular complexity index is 426. The third-order valence-electron chi connectivity index (χ3n) is 3.26. The van der Waals surface area contributed by atoms with Crippen molar-refractivity contribution < 1.29 is 0 Å². The molecule has 0 fully saturated rings. The summed E-state index contributed by atoms with van der Waals surface area (Å²) >= 11 is 1.75. The SMILES string of the molecule is CCCCCC(C)NC(=NC)NCc1sc(C)nc1C. The van der Waals surface area contributed by atoms with Crippen LogP contribution in [0.1, 0.15) is 55.1 Å². The maximum absolute atomic E-state index is 4.44. The molecule has 5 heteroatoms. The second-order valence-corrected chi connectivity index (χ2v) is 6.50. The summed E-state index contributed by atoms with van der Waals surface area (Å²) in [6, 6.07) is 0.456. The largest absolute Gasteiger partial charge is 0.354 e. The zero-order valence-corrected chi connectivity index (χ0v) is 14.2. The van der Waals surface area contributed by atoms with Crippen LogP contribution in [0.5, 0.6) is 0 Å². The molecule has 0 bridgehead atoms. The van der Waals surface area contributed by atoms with Gasteiger partial charge in [-0.15, -0.1) is 11.3 Å². The van der Waals surface area contributed by atoms with Crippen LogP contribution in [0.3, 0.4) is 0 Å². The summed E-state index contributed by atoms with van der Waals surface area (Å²) in [5, 5.41) is 7.94. The molecule has 114 valence electrons. The first kappa shape index (κ1) is 17.0. The summed E-state index contributed by atoms with van der Waals surface area (Å²) in [5.74, 6) is 0.874. The Hall–Kier alpha value is -1.10. The van der Waals surface area contributed by atoms with E-state index in [0.29, 0.717) is 6.04 Å². The van der Waals surface area contributed by atoms with Gasteiger partial charge in [0.05, 0.1) is 17.2 Å². The van der Waals surface area contributed by atoms with Crippen molar-refractivity contribution in [3.8, 4) is 0 Å². The minimum atomic E-state index is 0.456. The number of hydrogen-bond acceptors (Lipinski definition) is 3. The Balaban J connectivity index is 2.38. The van der Waals surface area contributed by atoms with Gasteiger partial charge in [-0.25, -0.2) is 4.98 Å². The van der Waals surface area contributed by atoms with E-state index in [2.05, 4.69) is 41.4 Å². The fourth-order valence-corrected chi connectivity index (χ4v) is 2.98. The molecule has 0 aliphatic carbocycles. The minimum Gasteiger partial charge on any atom is -0.354 e. The molecule has 0 radical (unpaired) electrons. The highest BCUT2D eigenvalue weighted by Gasteiger charge is 2.08. The van der Waals surface area contributed by atoms with Crippen molar-refractivity contribution in [2.24, 2.45) is 4.99 Å². The summed E-state index contributed by atoms with van der Waals surface area (Å²) in [6.07, 6.45) is 5.03. The van der Waals surface area contributed by atoms with E-state index < -0.39 is 0 Å². The first-order valence-electron chi connectivity index (χ1n) is 7.46. The molecule has 1 aromatic heterocycles. The van der Waals surface area contributed by atoms with Gasteiger partial charge in [0.25, 0.3) is 0 Å². The zero-order chi connectivity index (χ0) is 15.0. The molecule has 0 amide bonds. The van der Waals surface area contributed by atoms with Crippen LogP contribution < -0.4 is 10.6 Å². The van der Waals surface area contributed by atoms with Gasteiger partial charge >= 0.3 is 0 Å². The molecule has 0 saturated carbocycles. The van der Waals surface area contributed by atoms with Crippen LogP contribution in [0.2, 0.25) is 0 Å². The van der Waals surface area contributed by atoms with Crippen LogP contribution in [0.15, 0.2) is 4.99 Å². The van der Waals surface area contributed by atoms with Crippen LogP contribution in [-0.4, -0.2) is 24.0 Å². The van der Waals surface area contributed by atoms with Gasteiger partial charge in [0.2, 0.25) is 0 Å². The van der Waals surface area contributed by atoms with E-state index in [4.69, 9.17) is 0 Å². The predicted octanol–water partition coefficient (Wildman–Crippen LogP) is 3.39. The van der Waals surface area contributed by atoms with Crippen LogP contribution >= 0.6 is 11.3 Å². The van der Waals surface area contributed by atoms with Crippen molar-refractivity contribution in [2.75, 3.05) is 7.05 Å². The topological polar surface area (TPSA) is 49.3 Å². The first-order chi connectivity index (χ1) is 9.56. The second-order valence-electron chi connectivity index (χ2n) is 5.21. The molecule has 0 spiro atoms. The highest BCUT2D eigenvalue weighted by atomic mass is 32.1. The van der Waals surface area contributed by atoms with Gasteiger partial charge < -0.3 is 10.6 Å². The number of thiazole rings is 1. The van der Waals surface area contributed by atoms with Crippen molar-refractivity contribution >= 4 is 17.3 Å². The van der Waals surface area contributed by atoms with Gasteiger partial charge in [-0.1, -0.05) is 26.2 Å². The molecule has 0 aliphatic heterocycles. The Morgan fingerprint density at radius 2 is 2.10 bits per heavy atom. The summed E-state index contributed by atoms with van der Waals surface area (Å²) in [6.45, 7) is 9.34. The van der Waals surface area contributed by atoms with E-state index in [1.807, 2.05) is 14.0 Å². The predicted molar refractivity (Wildman–Crippen MR) is 88.5 cm³/mol. The number of nitrogens with one attached hydrogen (secondary N) is 2. The molecule has 0 saturated heterocycles. The molecule has 1 atom stereocenters. The lowest BCUT2D eigenvalue weighted by atomic mass is 10.1. The minimum absolute atomic E-state index is 0.456. The van der Waals surface area contributed by atoms with E-state index in [9.17, 15) is 0 Å². The molecular weight excluding hydrogens is 268 g/mol. The Kier molecular flexibility index (Phi) is 7.59. The molecular formula is C15H28N4S. The quantitative estimate of drug-likeness (QED) is 0.460. The molecule has 20 heavy (non-hydrogen) atoms. The average molecular weight is 296 g/mol. The van der Waals surface area contributed by atoms with Crippen molar-refractivity contribution in [3.05, 3.63) is 15.6 Å². The van der Waals surface area contributed by atoms with Gasteiger partial charge in [-0.05, 0) is 27.2 Å². The average Bonchev–Trinajstić information content (AvgIpc) is 2.73. The monoisotopic (exact) mass is 296 g/mol. The zero-order valence-electron chi connectivity index (χ0n) is 13.4. The summed E-state index contributed by atoms with van der Waals surface area (Å²) < 4.78 is 0. The Morgan fingerprint density at radius 3 is 2.65 bits per heavy atom. The van der Waals surface area contributed by atoms with Gasteiger partial charge in [0.15, 0.2) is 5.96 Å². The number of aliphatic imine (C=N–C) groups is 1. The maximum Gasteiger partial charge on any atom is 0.191 e. The fourth-order valence-electron chi connectivity index (χ4n) is 2.10. The third-order valence-corrected chi connectivity index (χ3v) is 4.34. The molecule has 0 aromatic carbocycles. The van der Waals surface area contributed by atoms with Gasteiger partial charge in [0.1, 0.15) is 0 Å². The van der Waals surface area contributed by atoms with E-state index in [1.54, 1.807) is 11.3 Å². The molecule has 1 rings (SSSR count). The third kappa shape index (κ3) is 5.90. The Labute approximate surface area is 127 Å². The highest BCUT2D eigenvalue weighted by Crippen LogP contribution is 2.16. The summed E-state index contributed by atoms with van der Waals surface area (Å²) in [4.78, 5) is 10.0. The molecule has 1 unspecified atom stereocenters. The van der Waals surface area contributed by atoms with E-state index >= 15 is 0 Å². The van der Waals surface area contributed by atoms with E-state index in [-0.39, 0.29) is 0 Å². The number of guanidine groups is 1. The van der Waals surface area contributed by atoms with Crippen molar-refractivity contribution in [1.29, 1.82) is 0 Å². The molecule has 1 aromatic rings. The second kappa shape index (κ2) is 8.95. The number of aryl methyl sites for hydroxylation is 2. The number of hydrogen-bond donors (Lipinski definition) is 2. The lowest BCUT2D eigenvalue weighted by Crippen LogP contribution is -2.41. The standard InChI is InChI=1S/C15H28N4S/c1-6-7-8-9-11(2)18-15(16-5)17-10-14-12(3)19-13(4)20-14/h11H,6-10H2,1-5H3,(H2,16,17,18). The summed E-state index contributed by atoms with van der Waals surface area (Å²) in [7, 11) is 1.82. The van der Waals surface area contributed by atoms with E-state index in [0.717, 1.165) is 23.2 Å². The normalized spacial score (nSPS) is 13.3. The summed E-state index contributed by atoms with van der Waals surface area (Å²) in [5.41, 5.74) is 1.12. The number of unbranched alkanes of at least 4 members (excludes halogenated alkanes) is 2. The van der Waals surface area contributed by atoms with Crippen LogP contribution in [0.25, 0.3) is 0 Å². The highest BCUT2D eigenvalue weighted by molar-refractivity contribution is 7.11. The molecule has 0 aliphatic rings. The van der Waals surface area contributed by atoms with Crippen molar-refractivity contribution in [3.63, 3.8) is 0 Å². The number of aromatic nitrogens is 1. The maximum atomic E-state index is 4.44. The number of nitrogens with zero attached hydrogens (tertiary/aromatic N) is 2. The lowest BCUT2D eigenvalue weighted by Gasteiger charge is -2.17. The van der Waals surface area contributed by atoms with Crippen molar-refractivity contribution in [1.82, 2.24) is 15.6 Å². The molecule has 2 N–H and O–H groups in total. The van der Waals surface area contributed by atoms with Gasteiger partial charge in [0, 0.05) is 18.0 Å². The number of rotatable bonds is 7. The van der Waals surface area contributed by atoms with Crippen LogP contribution in [0.4, 0.5) is 0 Å². The molecule has 4 nitrogen and oxygen atoms in total. The Morgan fingerprint density at radius 1 is 1.35 bits per heavy atom. The lowest BCUT2D eigenvalue weighted by molar-refractivity contribution is 0.547. The first-order valence-corrected chi connectivity index (χ1v) is 8.28. The molecule has 1 heterocycles. The van der Waals surface area contributed by atoms with Crippen molar-refractivity contribution in [2.45, 2.75) is 66.0 Å². The van der Waals surface area contributed by atoms with E-state index in [1.165, 1.54) is 30.6 Å². The van der Waals surface area contributed by atoms with Crippen LogP contribution in [-0.2, 0) is 6.54 Å². The van der Waals surface area contributed by atoms with Gasteiger partial charge in [-0.3, -0.25) is 4.99 Å². The smallest absolute Gasteiger partial charge is 0.191 e. The van der Waals surface area contributed by atoms with Crippen LogP contribution in [0, 0.1) is 13.8 Å². The van der Waals surface area contributed by atoms with Gasteiger partial charge in [-0.2, -0.15) is 0 Å². The fraction of sp³-hybridized carbons (Fsp3) is 0.733.